The summed E-state index contributed by atoms with van der Waals surface area (Å²) in [7, 11) is 0. The van der Waals surface area contributed by atoms with Crippen LogP contribution in [0.1, 0.15) is 17.2 Å². The van der Waals surface area contributed by atoms with E-state index in [9.17, 15) is 5.11 Å². The molecule has 1 N–H and O–H groups in total. The molecule has 1 unspecified atom stereocenters. The number of hydrogen-bond donors (Lipinski definition) is 1. The molecule has 1 nitrogen and oxygen atoms in total. The van der Waals surface area contributed by atoms with Gasteiger partial charge in [0.1, 0.15) is 0 Å². The summed E-state index contributed by atoms with van der Waals surface area (Å²) >= 11 is 0. The third kappa shape index (κ3) is 2.67. The van der Waals surface area contributed by atoms with Crippen molar-refractivity contribution in [1.29, 1.82) is 0 Å². The zero-order chi connectivity index (χ0) is 13.1. The summed E-state index contributed by atoms with van der Waals surface area (Å²) in [5, 5.41) is 12.7. The van der Waals surface area contributed by atoms with E-state index in [4.69, 9.17) is 0 Å². The lowest BCUT2D eigenvalue weighted by Crippen LogP contribution is -2.01. The van der Waals surface area contributed by atoms with Gasteiger partial charge in [-0.05, 0) is 28.0 Å². The molecule has 1 atom stereocenters. The molecule has 19 heavy (non-hydrogen) atoms. The van der Waals surface area contributed by atoms with E-state index in [-0.39, 0.29) is 0 Å². The van der Waals surface area contributed by atoms with Crippen molar-refractivity contribution >= 4 is 10.8 Å². The van der Waals surface area contributed by atoms with Crippen LogP contribution in [0.25, 0.3) is 10.8 Å². The lowest BCUT2D eigenvalue weighted by molar-refractivity contribution is 0.178. The second-order valence-electron chi connectivity index (χ2n) is 4.81. The van der Waals surface area contributed by atoms with Gasteiger partial charge >= 0.3 is 0 Å². The molecule has 0 bridgehead atoms. The van der Waals surface area contributed by atoms with Crippen molar-refractivity contribution in [2.45, 2.75) is 12.5 Å². The van der Waals surface area contributed by atoms with E-state index in [0.717, 1.165) is 11.1 Å². The zero-order valence-electron chi connectivity index (χ0n) is 10.7. The van der Waals surface area contributed by atoms with Gasteiger partial charge in [-0.25, -0.2) is 0 Å². The van der Waals surface area contributed by atoms with Crippen molar-refractivity contribution in [2.75, 3.05) is 0 Å². The fourth-order valence-corrected chi connectivity index (χ4v) is 2.37. The van der Waals surface area contributed by atoms with Crippen LogP contribution in [0.15, 0.2) is 72.8 Å². The Labute approximate surface area is 113 Å². The minimum Gasteiger partial charge on any atom is -0.388 e. The highest BCUT2D eigenvalue weighted by atomic mass is 16.3. The molecule has 0 amide bonds. The predicted octanol–water partition coefficient (Wildman–Crippen LogP) is 4.12. The first-order valence-corrected chi connectivity index (χ1v) is 6.53. The van der Waals surface area contributed by atoms with Gasteiger partial charge in [-0.1, -0.05) is 66.7 Å². The Morgan fingerprint density at radius 3 is 2.21 bits per heavy atom. The van der Waals surface area contributed by atoms with E-state index >= 15 is 0 Å². The molecule has 3 aromatic rings. The van der Waals surface area contributed by atoms with Crippen LogP contribution in [-0.4, -0.2) is 5.11 Å². The van der Waals surface area contributed by atoms with Crippen molar-refractivity contribution in [2.24, 2.45) is 0 Å². The SMILES string of the molecule is OC(Cc1ccccc1)c1ccc2ccccc2c1. The van der Waals surface area contributed by atoms with E-state index in [1.165, 1.54) is 10.8 Å². The van der Waals surface area contributed by atoms with Crippen LogP contribution in [0.2, 0.25) is 0 Å². The van der Waals surface area contributed by atoms with Gasteiger partial charge in [0.05, 0.1) is 6.10 Å². The Kier molecular flexibility index (Phi) is 3.30. The molecule has 0 aliphatic rings. The third-order valence-electron chi connectivity index (χ3n) is 3.43. The molecule has 0 heterocycles. The fraction of sp³-hybridized carbons (Fsp3) is 0.111. The van der Waals surface area contributed by atoms with Gasteiger partial charge in [-0.3, -0.25) is 0 Å². The largest absolute Gasteiger partial charge is 0.388 e. The second kappa shape index (κ2) is 5.25. The Hall–Kier alpha value is -2.12. The number of rotatable bonds is 3. The predicted molar refractivity (Wildman–Crippen MR) is 79.1 cm³/mol. The average molecular weight is 248 g/mol. The fourth-order valence-electron chi connectivity index (χ4n) is 2.37. The van der Waals surface area contributed by atoms with Crippen molar-refractivity contribution in [3.63, 3.8) is 0 Å². The Bertz CT molecular complexity index is 673. The van der Waals surface area contributed by atoms with Crippen molar-refractivity contribution in [1.82, 2.24) is 0 Å². The third-order valence-corrected chi connectivity index (χ3v) is 3.43. The number of fused-ring (bicyclic) bond motifs is 1. The summed E-state index contributed by atoms with van der Waals surface area (Å²) in [4.78, 5) is 0. The number of aliphatic hydroxyl groups excluding tert-OH is 1. The summed E-state index contributed by atoms with van der Waals surface area (Å²) in [6.07, 6.45) is 0.200. The topological polar surface area (TPSA) is 20.2 Å². The number of benzene rings is 3. The molecule has 94 valence electrons. The first kappa shape index (κ1) is 11.9. The first-order valence-electron chi connectivity index (χ1n) is 6.53. The summed E-state index contributed by atoms with van der Waals surface area (Å²) < 4.78 is 0. The maximum Gasteiger partial charge on any atom is 0.0830 e. The lowest BCUT2D eigenvalue weighted by Gasteiger charge is -2.12. The molecule has 0 saturated carbocycles. The molecule has 0 fully saturated rings. The van der Waals surface area contributed by atoms with Gasteiger partial charge in [0.2, 0.25) is 0 Å². The summed E-state index contributed by atoms with van der Waals surface area (Å²) in [6.45, 7) is 0. The minimum absolute atomic E-state index is 0.452. The maximum atomic E-state index is 10.3. The highest BCUT2D eigenvalue weighted by Crippen LogP contribution is 2.22. The first-order chi connectivity index (χ1) is 9.33. The Morgan fingerprint density at radius 1 is 0.737 bits per heavy atom. The summed E-state index contributed by atoms with van der Waals surface area (Å²) in [5.41, 5.74) is 2.13. The quantitative estimate of drug-likeness (QED) is 0.739. The monoisotopic (exact) mass is 248 g/mol. The van der Waals surface area contributed by atoms with E-state index in [1.54, 1.807) is 0 Å². The van der Waals surface area contributed by atoms with Crippen LogP contribution in [0.5, 0.6) is 0 Å². The van der Waals surface area contributed by atoms with Gasteiger partial charge in [0.25, 0.3) is 0 Å². The molecule has 3 aromatic carbocycles. The van der Waals surface area contributed by atoms with Crippen LogP contribution >= 0.6 is 0 Å². The average Bonchev–Trinajstić information content (AvgIpc) is 2.48. The number of hydrogen-bond acceptors (Lipinski definition) is 1. The van der Waals surface area contributed by atoms with Crippen LogP contribution < -0.4 is 0 Å². The van der Waals surface area contributed by atoms with Gasteiger partial charge < -0.3 is 5.11 Å². The van der Waals surface area contributed by atoms with E-state index in [2.05, 4.69) is 24.3 Å². The molecule has 1 heteroatoms. The molecule has 3 rings (SSSR count). The van der Waals surface area contributed by atoms with Crippen LogP contribution in [-0.2, 0) is 6.42 Å². The van der Waals surface area contributed by atoms with Gasteiger partial charge in [0.15, 0.2) is 0 Å². The highest BCUT2D eigenvalue weighted by Gasteiger charge is 2.08. The van der Waals surface area contributed by atoms with Crippen molar-refractivity contribution in [3.05, 3.63) is 83.9 Å². The molecule has 0 radical (unpaired) electrons. The standard InChI is InChI=1S/C18H16O/c19-18(12-14-6-2-1-3-7-14)17-11-10-15-8-4-5-9-16(15)13-17/h1-11,13,18-19H,12H2. The molecule has 0 aliphatic heterocycles. The summed E-state index contributed by atoms with van der Waals surface area (Å²) in [6, 6.07) is 24.5. The van der Waals surface area contributed by atoms with Gasteiger partial charge in [0, 0.05) is 6.42 Å². The lowest BCUT2D eigenvalue weighted by atomic mass is 9.99. The zero-order valence-corrected chi connectivity index (χ0v) is 10.7. The van der Waals surface area contributed by atoms with Crippen molar-refractivity contribution < 1.29 is 5.11 Å². The molecule has 0 aliphatic carbocycles. The highest BCUT2D eigenvalue weighted by molar-refractivity contribution is 5.83. The van der Waals surface area contributed by atoms with E-state index in [1.807, 2.05) is 48.5 Å². The second-order valence-corrected chi connectivity index (χ2v) is 4.81. The molecule has 0 aromatic heterocycles. The Balaban J connectivity index is 1.87. The maximum absolute atomic E-state index is 10.3. The molecular formula is C18H16O. The van der Waals surface area contributed by atoms with Gasteiger partial charge in [-0.15, -0.1) is 0 Å². The smallest absolute Gasteiger partial charge is 0.0830 e. The van der Waals surface area contributed by atoms with Crippen LogP contribution in [0, 0.1) is 0 Å². The molecular weight excluding hydrogens is 232 g/mol. The van der Waals surface area contributed by atoms with Crippen LogP contribution in [0.3, 0.4) is 0 Å². The minimum atomic E-state index is -0.452. The molecule has 0 spiro atoms. The summed E-state index contributed by atoms with van der Waals surface area (Å²) in [5.74, 6) is 0. The molecule has 0 saturated heterocycles. The Morgan fingerprint density at radius 2 is 1.42 bits per heavy atom. The van der Waals surface area contributed by atoms with Crippen LogP contribution in [0.4, 0.5) is 0 Å². The van der Waals surface area contributed by atoms with Gasteiger partial charge in [-0.2, -0.15) is 0 Å². The van der Waals surface area contributed by atoms with Crippen molar-refractivity contribution in [3.8, 4) is 0 Å². The normalized spacial score (nSPS) is 12.5. The van der Waals surface area contributed by atoms with E-state index < -0.39 is 6.10 Å². The van der Waals surface area contributed by atoms with E-state index in [0.29, 0.717) is 6.42 Å². The number of aliphatic hydroxyl groups is 1.